The number of hydrazone groups is 1. The molecular weight excluding hydrogens is 433 g/mol. The summed E-state index contributed by atoms with van der Waals surface area (Å²) in [5.41, 5.74) is 3.46. The molecule has 6 nitrogen and oxygen atoms in total. The first-order valence-electron chi connectivity index (χ1n) is 9.77. The SMILES string of the molecule is [C-]#[N+]c1ccc(N2N=C3c4ccc(C(=O)O)cc4OC[C@@H]3[C@@H]2c2ccc(F)cc2)cc1Cl. The second kappa shape index (κ2) is 7.66. The van der Waals surface area contributed by atoms with E-state index in [0.29, 0.717) is 27.7 Å². The summed E-state index contributed by atoms with van der Waals surface area (Å²) >= 11 is 6.28. The van der Waals surface area contributed by atoms with Crippen LogP contribution in [0.5, 0.6) is 5.75 Å². The van der Waals surface area contributed by atoms with E-state index in [2.05, 4.69) is 4.85 Å². The Morgan fingerprint density at radius 1 is 1.19 bits per heavy atom. The van der Waals surface area contributed by atoms with Crippen LogP contribution in [0.4, 0.5) is 15.8 Å². The molecule has 2 heterocycles. The van der Waals surface area contributed by atoms with Gasteiger partial charge in [0.2, 0.25) is 5.69 Å². The highest BCUT2D eigenvalue weighted by Gasteiger charge is 2.43. The first-order chi connectivity index (χ1) is 15.5. The summed E-state index contributed by atoms with van der Waals surface area (Å²) in [6.07, 6.45) is 0. The second-order valence-electron chi connectivity index (χ2n) is 7.51. The van der Waals surface area contributed by atoms with Crippen LogP contribution in [0.1, 0.15) is 27.5 Å². The smallest absolute Gasteiger partial charge is 0.335 e. The minimum Gasteiger partial charge on any atom is -0.492 e. The van der Waals surface area contributed by atoms with E-state index >= 15 is 0 Å². The zero-order chi connectivity index (χ0) is 22.4. The third kappa shape index (κ3) is 3.26. The van der Waals surface area contributed by atoms with Gasteiger partial charge in [0.15, 0.2) is 0 Å². The second-order valence-corrected chi connectivity index (χ2v) is 7.91. The number of carbonyl (C=O) groups is 1. The molecule has 0 saturated carbocycles. The molecule has 2 aliphatic rings. The maximum atomic E-state index is 13.6. The molecule has 32 heavy (non-hydrogen) atoms. The van der Waals surface area contributed by atoms with Crippen molar-refractivity contribution in [1.29, 1.82) is 0 Å². The molecule has 3 aromatic carbocycles. The van der Waals surface area contributed by atoms with Crippen LogP contribution in [0.25, 0.3) is 4.85 Å². The van der Waals surface area contributed by atoms with E-state index in [1.807, 2.05) is 0 Å². The fraction of sp³-hybridized carbons (Fsp3) is 0.125. The molecule has 0 aromatic heterocycles. The monoisotopic (exact) mass is 447 g/mol. The van der Waals surface area contributed by atoms with Crippen molar-refractivity contribution in [2.24, 2.45) is 11.0 Å². The quantitative estimate of drug-likeness (QED) is 0.523. The maximum Gasteiger partial charge on any atom is 0.335 e. The number of halogens is 2. The van der Waals surface area contributed by atoms with E-state index in [1.165, 1.54) is 24.3 Å². The standard InChI is InChI=1S/C24H15ClFN3O3/c1-27-20-9-7-16(11-19(20)25)29-23(13-2-5-15(26)6-3-13)18-12-32-21-10-14(24(30)31)4-8-17(21)22(18)28-29/h2-11,18,23H,12H2,(H,30,31)/t18-,23-/m0/s1. The summed E-state index contributed by atoms with van der Waals surface area (Å²) in [6, 6.07) is 15.7. The first kappa shape index (κ1) is 20.0. The van der Waals surface area contributed by atoms with Gasteiger partial charge in [-0.25, -0.2) is 14.0 Å². The third-order valence-electron chi connectivity index (χ3n) is 5.66. The minimum atomic E-state index is -1.03. The molecule has 0 bridgehead atoms. The summed E-state index contributed by atoms with van der Waals surface area (Å²) < 4.78 is 19.5. The van der Waals surface area contributed by atoms with Crippen LogP contribution in [0.2, 0.25) is 5.02 Å². The lowest BCUT2D eigenvalue weighted by Gasteiger charge is -2.31. The number of ether oxygens (including phenoxy) is 1. The van der Waals surface area contributed by atoms with Crippen molar-refractivity contribution in [3.05, 3.63) is 99.6 Å². The highest BCUT2D eigenvalue weighted by molar-refractivity contribution is 6.33. The van der Waals surface area contributed by atoms with Gasteiger partial charge in [-0.1, -0.05) is 29.8 Å². The third-order valence-corrected chi connectivity index (χ3v) is 5.96. The van der Waals surface area contributed by atoms with Gasteiger partial charge in [-0.05, 0) is 48.0 Å². The van der Waals surface area contributed by atoms with E-state index in [0.717, 1.165) is 11.3 Å². The molecule has 8 heteroatoms. The molecule has 2 aliphatic heterocycles. The molecule has 1 N–H and O–H groups in total. The van der Waals surface area contributed by atoms with Gasteiger partial charge in [-0.15, -0.1) is 0 Å². The molecule has 0 amide bonds. The Labute approximate surface area is 187 Å². The Morgan fingerprint density at radius 2 is 1.97 bits per heavy atom. The van der Waals surface area contributed by atoms with Gasteiger partial charge in [0.25, 0.3) is 0 Å². The zero-order valence-corrected chi connectivity index (χ0v) is 17.3. The summed E-state index contributed by atoms with van der Waals surface area (Å²) in [5.74, 6) is -1.09. The van der Waals surface area contributed by atoms with E-state index < -0.39 is 5.97 Å². The Bertz CT molecular complexity index is 1320. The first-order valence-corrected chi connectivity index (χ1v) is 10.1. The van der Waals surface area contributed by atoms with Crippen molar-refractivity contribution in [3.63, 3.8) is 0 Å². The molecule has 0 fully saturated rings. The predicted molar refractivity (Wildman–Crippen MR) is 118 cm³/mol. The fourth-order valence-corrected chi connectivity index (χ4v) is 4.36. The van der Waals surface area contributed by atoms with Crippen LogP contribution in [0.3, 0.4) is 0 Å². The number of benzene rings is 3. The summed E-state index contributed by atoms with van der Waals surface area (Å²) in [6.45, 7) is 7.50. The molecular formula is C24H15ClFN3O3. The van der Waals surface area contributed by atoms with Crippen LogP contribution >= 0.6 is 11.6 Å². The van der Waals surface area contributed by atoms with Crippen LogP contribution < -0.4 is 9.75 Å². The number of fused-ring (bicyclic) bond motifs is 3. The van der Waals surface area contributed by atoms with E-state index in [4.69, 9.17) is 28.0 Å². The minimum absolute atomic E-state index is 0.134. The van der Waals surface area contributed by atoms with Gasteiger partial charge in [0, 0.05) is 10.6 Å². The van der Waals surface area contributed by atoms with Crippen molar-refractivity contribution in [2.75, 3.05) is 11.6 Å². The number of rotatable bonds is 3. The summed E-state index contributed by atoms with van der Waals surface area (Å²) in [4.78, 5) is 14.7. The van der Waals surface area contributed by atoms with Crippen LogP contribution in [-0.4, -0.2) is 23.4 Å². The van der Waals surface area contributed by atoms with Crippen molar-refractivity contribution in [1.82, 2.24) is 0 Å². The molecule has 0 radical (unpaired) electrons. The normalized spacial score (nSPS) is 18.8. The lowest BCUT2D eigenvalue weighted by Crippen LogP contribution is -2.33. The van der Waals surface area contributed by atoms with Gasteiger partial charge in [0.1, 0.15) is 11.6 Å². The number of aromatic carboxylic acids is 1. The number of anilines is 1. The van der Waals surface area contributed by atoms with Gasteiger partial charge < -0.3 is 9.84 Å². The average molecular weight is 448 g/mol. The Hall–Kier alpha value is -3.89. The van der Waals surface area contributed by atoms with Crippen molar-refractivity contribution in [2.45, 2.75) is 6.04 Å². The highest BCUT2D eigenvalue weighted by atomic mass is 35.5. The lowest BCUT2D eigenvalue weighted by molar-refractivity contribution is 0.0696. The number of carboxylic acids is 1. The highest BCUT2D eigenvalue weighted by Crippen LogP contribution is 2.45. The Balaban J connectivity index is 1.64. The fourth-order valence-electron chi connectivity index (χ4n) is 4.14. The number of hydrogen-bond acceptors (Lipinski definition) is 4. The van der Waals surface area contributed by atoms with Crippen molar-refractivity contribution in [3.8, 4) is 5.75 Å². The number of nitrogens with zero attached hydrogens (tertiary/aromatic N) is 3. The molecule has 2 atom stereocenters. The Kier molecular flexibility index (Phi) is 4.80. The predicted octanol–water partition coefficient (Wildman–Crippen LogP) is 5.70. The topological polar surface area (TPSA) is 66.5 Å². The van der Waals surface area contributed by atoms with E-state index in [-0.39, 0.29) is 29.9 Å². The van der Waals surface area contributed by atoms with Gasteiger partial charge in [0.05, 0.1) is 42.1 Å². The maximum absolute atomic E-state index is 13.6. The molecule has 158 valence electrons. The van der Waals surface area contributed by atoms with Gasteiger partial charge >= 0.3 is 5.97 Å². The van der Waals surface area contributed by atoms with E-state index in [9.17, 15) is 14.3 Å². The summed E-state index contributed by atoms with van der Waals surface area (Å²) in [7, 11) is 0. The van der Waals surface area contributed by atoms with Crippen LogP contribution in [0, 0.1) is 18.3 Å². The van der Waals surface area contributed by atoms with Crippen molar-refractivity contribution >= 4 is 34.7 Å². The molecule has 3 aromatic rings. The largest absolute Gasteiger partial charge is 0.492 e. The van der Waals surface area contributed by atoms with E-state index in [1.54, 1.807) is 41.4 Å². The zero-order valence-electron chi connectivity index (χ0n) is 16.5. The average Bonchev–Trinajstić information content (AvgIpc) is 3.19. The van der Waals surface area contributed by atoms with Gasteiger partial charge in [-0.2, -0.15) is 5.10 Å². The Morgan fingerprint density at radius 3 is 2.66 bits per heavy atom. The molecule has 0 spiro atoms. The van der Waals surface area contributed by atoms with Crippen LogP contribution in [-0.2, 0) is 0 Å². The van der Waals surface area contributed by atoms with Gasteiger partial charge in [-0.3, -0.25) is 5.01 Å². The number of carboxylic acid groups (broad SMARTS) is 1. The molecule has 0 unspecified atom stereocenters. The number of hydrogen-bond donors (Lipinski definition) is 1. The molecule has 0 aliphatic carbocycles. The van der Waals surface area contributed by atoms with Crippen LogP contribution in [0.15, 0.2) is 65.8 Å². The summed E-state index contributed by atoms with van der Waals surface area (Å²) in [5, 5.41) is 16.3. The van der Waals surface area contributed by atoms with Crippen molar-refractivity contribution < 1.29 is 19.0 Å². The lowest BCUT2D eigenvalue weighted by atomic mass is 9.85. The molecule has 0 saturated heterocycles. The molecule has 5 rings (SSSR count).